The van der Waals surface area contributed by atoms with E-state index in [1.165, 1.54) is 42.3 Å². The number of Topliss-reactive ketones (excluding diaryl/α,β-unsaturated/α-hetero) is 1. The van der Waals surface area contributed by atoms with Crippen molar-refractivity contribution < 1.29 is 22.4 Å². The molecule has 13 nitrogen and oxygen atoms in total. The van der Waals surface area contributed by atoms with E-state index >= 15 is 0 Å². The Kier molecular flexibility index (Phi) is 6.93. The van der Waals surface area contributed by atoms with Gasteiger partial charge in [-0.15, -0.1) is 9.50 Å². The predicted octanol–water partition coefficient (Wildman–Crippen LogP) is 0.863. The van der Waals surface area contributed by atoms with Gasteiger partial charge in [0.05, 0.1) is 35.1 Å². The molecule has 0 spiro atoms. The summed E-state index contributed by atoms with van der Waals surface area (Å²) >= 11 is 0. The molecule has 4 aromatic rings. The molecule has 1 amide bonds. The van der Waals surface area contributed by atoms with Crippen molar-refractivity contribution >= 4 is 38.6 Å². The number of hydrogen-bond acceptors (Lipinski definition) is 7. The third-order valence-electron chi connectivity index (χ3n) is 6.28. The van der Waals surface area contributed by atoms with Crippen molar-refractivity contribution in [1.29, 1.82) is 0 Å². The molecule has 5 rings (SSSR count). The van der Waals surface area contributed by atoms with Gasteiger partial charge in [0.15, 0.2) is 11.6 Å². The van der Waals surface area contributed by atoms with Crippen LogP contribution in [0, 0.1) is 5.82 Å². The zero-order valence-corrected chi connectivity index (χ0v) is 21.8. The van der Waals surface area contributed by atoms with Crippen LogP contribution < -0.4 is 0 Å². The Morgan fingerprint density at radius 2 is 1.77 bits per heavy atom. The van der Waals surface area contributed by atoms with Crippen LogP contribution >= 0.6 is 0 Å². The number of amidine groups is 1. The second-order valence-corrected chi connectivity index (χ2v) is 10.7. The average Bonchev–Trinajstić information content (AvgIpc) is 3.63. The van der Waals surface area contributed by atoms with Crippen LogP contribution in [0.15, 0.2) is 59.5 Å². The topological polar surface area (TPSA) is 150 Å². The predicted molar refractivity (Wildman–Crippen MR) is 139 cm³/mol. The summed E-state index contributed by atoms with van der Waals surface area (Å²) in [6.45, 7) is 0.737. The molecule has 0 saturated carbocycles. The number of ketones is 1. The van der Waals surface area contributed by atoms with Crippen LogP contribution in [0.25, 0.3) is 16.7 Å². The molecule has 0 aliphatic carbocycles. The normalized spacial score (nSPS) is 14.8. The fourth-order valence-corrected chi connectivity index (χ4v) is 4.82. The molecule has 1 aliphatic heterocycles. The minimum atomic E-state index is -3.92. The summed E-state index contributed by atoms with van der Waals surface area (Å²) in [6.07, 6.45) is 5.18. The van der Waals surface area contributed by atoms with Crippen molar-refractivity contribution in [3.63, 3.8) is 0 Å². The van der Waals surface area contributed by atoms with Gasteiger partial charge in [-0.3, -0.25) is 9.59 Å². The van der Waals surface area contributed by atoms with Crippen LogP contribution in [-0.4, -0.2) is 105 Å². The number of hydrogen-bond donors (Lipinski definition) is 1. The molecular formula is C24H24FN9O4S. The highest BCUT2D eigenvalue weighted by Crippen LogP contribution is 2.26. The number of halogens is 1. The minimum absolute atomic E-state index is 0.0696. The maximum Gasteiger partial charge on any atom is 0.323 e. The Balaban J connectivity index is 1.37. The smallest absolute Gasteiger partial charge is 0.323 e. The Morgan fingerprint density at radius 3 is 2.41 bits per heavy atom. The van der Waals surface area contributed by atoms with E-state index in [4.69, 9.17) is 0 Å². The van der Waals surface area contributed by atoms with Gasteiger partial charge in [0.25, 0.3) is 11.7 Å². The van der Waals surface area contributed by atoms with Gasteiger partial charge in [-0.2, -0.15) is 12.7 Å². The number of nitrogens with zero attached hydrogens (tertiary/aromatic N) is 8. The van der Waals surface area contributed by atoms with Crippen molar-refractivity contribution in [2.75, 3.05) is 40.3 Å². The number of pyridine rings is 1. The second-order valence-electron chi connectivity index (χ2n) is 8.88. The lowest BCUT2D eigenvalue weighted by Crippen LogP contribution is -2.52. The third kappa shape index (κ3) is 5.00. The second kappa shape index (κ2) is 10.3. The molecule has 39 heavy (non-hydrogen) atoms. The summed E-state index contributed by atoms with van der Waals surface area (Å²) in [5, 5.41) is 7.50. The number of piperazine rings is 1. The number of amides is 1. The van der Waals surface area contributed by atoms with Gasteiger partial charge in [-0.05, 0) is 0 Å². The number of carbonyl (C=O) groups is 2. The molecule has 1 fully saturated rings. The van der Waals surface area contributed by atoms with Crippen molar-refractivity contribution in [3.8, 4) is 5.82 Å². The number of aromatic amines is 1. The first kappa shape index (κ1) is 26.1. The molecule has 0 unspecified atom stereocenters. The van der Waals surface area contributed by atoms with E-state index in [9.17, 15) is 22.4 Å². The van der Waals surface area contributed by atoms with Gasteiger partial charge in [-0.1, -0.05) is 35.5 Å². The highest BCUT2D eigenvalue weighted by atomic mass is 32.2. The van der Waals surface area contributed by atoms with E-state index in [0.717, 1.165) is 10.5 Å². The van der Waals surface area contributed by atoms with E-state index in [0.29, 0.717) is 5.56 Å². The van der Waals surface area contributed by atoms with Crippen LogP contribution in [0.1, 0.15) is 15.9 Å². The number of nitrogens with one attached hydrogen (secondary N) is 1. The monoisotopic (exact) mass is 553 g/mol. The third-order valence-corrected chi connectivity index (χ3v) is 7.61. The number of H-pyrrole nitrogens is 1. The van der Waals surface area contributed by atoms with Gasteiger partial charge in [0.1, 0.15) is 5.84 Å². The van der Waals surface area contributed by atoms with Crippen LogP contribution in [0.2, 0.25) is 0 Å². The van der Waals surface area contributed by atoms with Crippen molar-refractivity contribution in [3.05, 3.63) is 72.1 Å². The van der Waals surface area contributed by atoms with Crippen molar-refractivity contribution in [2.45, 2.75) is 0 Å². The fraction of sp³-hybridized carbons (Fsp3) is 0.250. The van der Waals surface area contributed by atoms with E-state index in [2.05, 4.69) is 24.7 Å². The Hall–Kier alpha value is -4.50. The molecule has 0 bridgehead atoms. The summed E-state index contributed by atoms with van der Waals surface area (Å²) in [6, 6.07) is 8.85. The van der Waals surface area contributed by atoms with Crippen molar-refractivity contribution in [2.24, 2.45) is 4.40 Å². The van der Waals surface area contributed by atoms with E-state index in [1.54, 1.807) is 29.2 Å². The molecule has 15 heteroatoms. The van der Waals surface area contributed by atoms with Crippen molar-refractivity contribution in [1.82, 2.24) is 39.1 Å². The number of fused-ring (bicyclic) bond motifs is 1. The molecule has 0 radical (unpaired) electrons. The molecule has 0 atom stereocenters. The van der Waals surface area contributed by atoms with E-state index in [1.807, 2.05) is 6.07 Å². The average molecular weight is 554 g/mol. The summed E-state index contributed by atoms with van der Waals surface area (Å²) in [5.41, 5.74) is 0.680. The standard InChI is InChI=1S/C24H24FN9O4S/c1-31(2)39(37,38)29-22(16-6-4-3-5-7-16)32-10-12-33(13-11-32)24(36)21(35)17-14-26-20-19(17)18(25)15-27-23(20)34-9-8-28-30-34/h3-9,14-15,26H,10-13H2,1-2H3. The van der Waals surface area contributed by atoms with E-state index in [-0.39, 0.29) is 54.3 Å². The van der Waals surface area contributed by atoms with Crippen LogP contribution in [0.4, 0.5) is 4.39 Å². The molecule has 1 saturated heterocycles. The molecule has 3 aromatic heterocycles. The Bertz CT molecular complexity index is 1660. The van der Waals surface area contributed by atoms with Gasteiger partial charge in [-0.25, -0.2) is 14.1 Å². The van der Waals surface area contributed by atoms with Gasteiger partial charge < -0.3 is 14.8 Å². The lowest BCUT2D eigenvalue weighted by molar-refractivity contribution is -0.127. The molecule has 1 aromatic carbocycles. The summed E-state index contributed by atoms with van der Waals surface area (Å²) < 4.78 is 46.2. The van der Waals surface area contributed by atoms with Gasteiger partial charge in [0.2, 0.25) is 0 Å². The van der Waals surface area contributed by atoms with Crippen LogP contribution in [0.3, 0.4) is 0 Å². The maximum absolute atomic E-state index is 14.8. The SMILES string of the molecule is CN(C)S(=O)(=O)N=C(c1ccccc1)N1CCN(C(=O)C(=O)c2c[nH]c3c(-n4ccnn4)ncc(F)c23)CC1. The largest absolute Gasteiger partial charge is 0.357 e. The number of carbonyl (C=O) groups excluding carboxylic acids is 2. The van der Waals surface area contributed by atoms with Crippen LogP contribution in [0.5, 0.6) is 0 Å². The number of rotatable bonds is 6. The minimum Gasteiger partial charge on any atom is -0.357 e. The maximum atomic E-state index is 14.8. The van der Waals surface area contributed by atoms with E-state index < -0.39 is 27.7 Å². The first-order valence-electron chi connectivity index (χ1n) is 11.9. The zero-order valence-electron chi connectivity index (χ0n) is 21.0. The van der Waals surface area contributed by atoms with Crippen LogP contribution in [-0.2, 0) is 15.0 Å². The summed E-state index contributed by atoms with van der Waals surface area (Å²) in [7, 11) is -1.14. The first-order valence-corrected chi connectivity index (χ1v) is 13.3. The molecule has 1 N–H and O–H groups in total. The molecule has 202 valence electrons. The van der Waals surface area contributed by atoms with Gasteiger partial charge in [0, 0.05) is 52.0 Å². The molecular weight excluding hydrogens is 529 g/mol. The highest BCUT2D eigenvalue weighted by Gasteiger charge is 2.31. The molecule has 1 aliphatic rings. The lowest BCUT2D eigenvalue weighted by Gasteiger charge is -2.36. The Labute approximate surface area is 222 Å². The van der Waals surface area contributed by atoms with Gasteiger partial charge >= 0.3 is 10.2 Å². The lowest BCUT2D eigenvalue weighted by atomic mass is 10.1. The fourth-order valence-electron chi connectivity index (χ4n) is 4.22. The Morgan fingerprint density at radius 1 is 1.08 bits per heavy atom. The highest BCUT2D eigenvalue weighted by molar-refractivity contribution is 7.87. The summed E-state index contributed by atoms with van der Waals surface area (Å²) in [5.74, 6) is -1.97. The quantitative estimate of drug-likeness (QED) is 0.160. The summed E-state index contributed by atoms with van der Waals surface area (Å²) in [4.78, 5) is 36.4. The number of aromatic nitrogens is 5. The number of benzene rings is 1. The zero-order chi connectivity index (χ0) is 27.7. The first-order chi connectivity index (χ1) is 18.7. The molecule has 4 heterocycles.